The fourth-order valence-electron chi connectivity index (χ4n) is 3.70. The van der Waals surface area contributed by atoms with Gasteiger partial charge in [0.15, 0.2) is 16.7 Å². The van der Waals surface area contributed by atoms with Crippen molar-refractivity contribution < 1.29 is 14.3 Å². The zero-order valence-corrected chi connectivity index (χ0v) is 22.2. The summed E-state index contributed by atoms with van der Waals surface area (Å²) in [5, 5.41) is 1.32. The quantitative estimate of drug-likeness (QED) is 0.272. The lowest BCUT2D eigenvalue weighted by Crippen LogP contribution is -2.30. The lowest BCUT2D eigenvalue weighted by atomic mass is 10.1. The third kappa shape index (κ3) is 6.12. The van der Waals surface area contributed by atoms with Crippen LogP contribution in [0.25, 0.3) is 6.08 Å². The van der Waals surface area contributed by atoms with Gasteiger partial charge >= 0.3 is 0 Å². The van der Waals surface area contributed by atoms with E-state index in [1.807, 2.05) is 79.7 Å². The van der Waals surface area contributed by atoms with Crippen LogP contribution in [0.2, 0.25) is 5.02 Å². The molecule has 4 rings (SSSR count). The second-order valence-electron chi connectivity index (χ2n) is 8.41. The molecule has 1 amide bonds. The molecule has 0 saturated carbocycles. The summed E-state index contributed by atoms with van der Waals surface area (Å²) in [5.74, 6) is 1.09. The summed E-state index contributed by atoms with van der Waals surface area (Å²) in [4.78, 5) is 20.6. The predicted molar refractivity (Wildman–Crippen MR) is 149 cm³/mol. The van der Waals surface area contributed by atoms with Crippen molar-refractivity contribution >= 4 is 46.2 Å². The van der Waals surface area contributed by atoms with Crippen LogP contribution in [0, 0.1) is 6.92 Å². The Hall–Kier alpha value is -3.22. The molecule has 0 spiro atoms. The minimum absolute atomic E-state index is 0.0563. The van der Waals surface area contributed by atoms with E-state index >= 15 is 0 Å². The number of thioether (sulfide) groups is 1. The Balaban J connectivity index is 1.66. The van der Waals surface area contributed by atoms with Crippen LogP contribution in [0.3, 0.4) is 0 Å². The molecule has 7 heteroatoms. The molecule has 186 valence electrons. The first-order chi connectivity index (χ1) is 17.5. The van der Waals surface area contributed by atoms with Gasteiger partial charge in [-0.2, -0.15) is 0 Å². The number of methoxy groups -OCH3 is 1. The van der Waals surface area contributed by atoms with Crippen LogP contribution in [0.4, 0.5) is 5.69 Å². The Morgan fingerprint density at radius 3 is 2.56 bits per heavy atom. The van der Waals surface area contributed by atoms with Crippen LogP contribution in [0.15, 0.2) is 76.6 Å². The average molecular weight is 521 g/mol. The van der Waals surface area contributed by atoms with Gasteiger partial charge in [0.2, 0.25) is 0 Å². The third-order valence-electron chi connectivity index (χ3n) is 5.73. The Labute approximate surface area is 221 Å². The molecule has 1 saturated heterocycles. The summed E-state index contributed by atoms with van der Waals surface area (Å²) in [7, 11) is 1.60. The van der Waals surface area contributed by atoms with Gasteiger partial charge in [0, 0.05) is 22.7 Å². The number of hydrogen-bond donors (Lipinski definition) is 0. The number of para-hydroxylation sites is 1. The highest BCUT2D eigenvalue weighted by atomic mass is 35.5. The lowest BCUT2D eigenvalue weighted by Gasteiger charge is -2.15. The van der Waals surface area contributed by atoms with Gasteiger partial charge in [-0.3, -0.25) is 9.69 Å². The van der Waals surface area contributed by atoms with E-state index in [1.165, 1.54) is 17.3 Å². The van der Waals surface area contributed by atoms with Crippen molar-refractivity contribution in [1.82, 2.24) is 4.90 Å². The monoisotopic (exact) mass is 520 g/mol. The van der Waals surface area contributed by atoms with Crippen LogP contribution in [-0.4, -0.2) is 29.6 Å². The van der Waals surface area contributed by atoms with E-state index in [-0.39, 0.29) is 12.5 Å². The minimum atomic E-state index is -0.0563. The molecule has 36 heavy (non-hydrogen) atoms. The summed E-state index contributed by atoms with van der Waals surface area (Å²) < 4.78 is 11.7. The number of hydrogen-bond acceptors (Lipinski definition) is 5. The Morgan fingerprint density at radius 1 is 1.06 bits per heavy atom. The molecular weight excluding hydrogens is 492 g/mol. The maximum absolute atomic E-state index is 13.4. The number of aliphatic imine (C=N–C) groups is 1. The number of halogens is 1. The molecule has 0 N–H and O–H groups in total. The van der Waals surface area contributed by atoms with Gasteiger partial charge in [-0.25, -0.2) is 4.99 Å². The van der Waals surface area contributed by atoms with E-state index in [2.05, 4.69) is 6.92 Å². The summed E-state index contributed by atoms with van der Waals surface area (Å²) >= 11 is 7.70. The highest BCUT2D eigenvalue weighted by Crippen LogP contribution is 2.39. The molecular formula is C29H29ClN2O3S. The van der Waals surface area contributed by atoms with Gasteiger partial charge in [0.05, 0.1) is 17.7 Å². The largest absolute Gasteiger partial charge is 0.493 e. The second kappa shape index (κ2) is 12.2. The lowest BCUT2D eigenvalue weighted by molar-refractivity contribution is -0.122. The van der Waals surface area contributed by atoms with Gasteiger partial charge in [0.1, 0.15) is 6.61 Å². The van der Waals surface area contributed by atoms with Crippen molar-refractivity contribution in [1.29, 1.82) is 0 Å². The number of nitrogens with zero attached hydrogens (tertiary/aromatic N) is 2. The summed E-state index contributed by atoms with van der Waals surface area (Å²) in [6.45, 7) is 5.05. The number of unbranched alkanes of at least 4 members (excludes halogenated alkanes) is 1. The zero-order valence-electron chi connectivity index (χ0n) is 20.7. The van der Waals surface area contributed by atoms with E-state index in [1.54, 1.807) is 12.0 Å². The van der Waals surface area contributed by atoms with Crippen LogP contribution < -0.4 is 9.47 Å². The number of benzene rings is 3. The molecule has 1 heterocycles. The summed E-state index contributed by atoms with van der Waals surface area (Å²) in [6, 6.07) is 21.2. The molecule has 0 radical (unpaired) electrons. The number of carbonyl (C=O) groups excluding carboxylic acids is 1. The van der Waals surface area contributed by atoms with Crippen molar-refractivity contribution in [2.24, 2.45) is 4.99 Å². The number of amides is 1. The molecule has 3 aromatic rings. The van der Waals surface area contributed by atoms with Crippen LogP contribution in [0.1, 0.15) is 36.5 Å². The molecule has 1 fully saturated rings. The molecule has 1 aliphatic heterocycles. The molecule has 0 atom stereocenters. The molecule has 3 aromatic carbocycles. The maximum atomic E-state index is 13.4. The standard InChI is InChI=1S/C29H29ClN2O3S/c1-4-5-17-32-28(33)26(36-29(32)31-23-15-13-20(2)14-16-23)18-21-10-8-12-25(34-3)27(21)35-19-22-9-6-7-11-24(22)30/h6-16,18H,4-5,17,19H2,1-3H3/b26-18+,31-29?. The Kier molecular flexibility index (Phi) is 8.73. The fraction of sp³-hybridized carbons (Fsp3) is 0.241. The zero-order chi connectivity index (χ0) is 25.5. The smallest absolute Gasteiger partial charge is 0.266 e. The molecule has 0 bridgehead atoms. The van der Waals surface area contributed by atoms with Crippen LogP contribution >= 0.6 is 23.4 Å². The van der Waals surface area contributed by atoms with E-state index in [4.69, 9.17) is 26.1 Å². The maximum Gasteiger partial charge on any atom is 0.266 e. The van der Waals surface area contributed by atoms with Crippen LogP contribution in [-0.2, 0) is 11.4 Å². The van der Waals surface area contributed by atoms with Gasteiger partial charge in [-0.1, -0.05) is 73.0 Å². The number of carbonyl (C=O) groups is 1. The Bertz CT molecular complexity index is 1290. The van der Waals surface area contributed by atoms with Crippen molar-refractivity contribution in [2.75, 3.05) is 13.7 Å². The molecule has 0 aromatic heterocycles. The van der Waals surface area contributed by atoms with Crippen LogP contribution in [0.5, 0.6) is 11.5 Å². The number of rotatable bonds is 9. The minimum Gasteiger partial charge on any atom is -0.493 e. The van der Waals surface area contributed by atoms with Gasteiger partial charge in [-0.05, 0) is 55.4 Å². The van der Waals surface area contributed by atoms with E-state index in [0.29, 0.717) is 33.1 Å². The van der Waals surface area contributed by atoms with E-state index in [0.717, 1.165) is 29.7 Å². The van der Waals surface area contributed by atoms with Crippen molar-refractivity contribution in [3.63, 3.8) is 0 Å². The van der Waals surface area contributed by atoms with E-state index < -0.39 is 0 Å². The first-order valence-corrected chi connectivity index (χ1v) is 13.1. The molecule has 0 unspecified atom stereocenters. The SMILES string of the molecule is CCCCN1C(=O)/C(=C\c2cccc(OC)c2OCc2ccccc2Cl)SC1=Nc1ccc(C)cc1. The number of ether oxygens (including phenoxy) is 2. The first kappa shape index (κ1) is 25.9. The topological polar surface area (TPSA) is 51.1 Å². The van der Waals surface area contributed by atoms with Crippen molar-refractivity contribution in [3.05, 3.63) is 93.3 Å². The van der Waals surface area contributed by atoms with Crippen molar-refractivity contribution in [3.8, 4) is 11.5 Å². The normalized spacial score (nSPS) is 15.7. The number of amidine groups is 1. The highest BCUT2D eigenvalue weighted by Gasteiger charge is 2.33. The van der Waals surface area contributed by atoms with Gasteiger partial charge in [-0.15, -0.1) is 0 Å². The molecule has 1 aliphatic rings. The van der Waals surface area contributed by atoms with Gasteiger partial charge in [0.25, 0.3) is 5.91 Å². The summed E-state index contributed by atoms with van der Waals surface area (Å²) in [6.07, 6.45) is 3.74. The van der Waals surface area contributed by atoms with Gasteiger partial charge < -0.3 is 9.47 Å². The Morgan fingerprint density at radius 2 is 1.83 bits per heavy atom. The third-order valence-corrected chi connectivity index (χ3v) is 7.10. The first-order valence-electron chi connectivity index (χ1n) is 11.9. The predicted octanol–water partition coefficient (Wildman–Crippen LogP) is 7.64. The second-order valence-corrected chi connectivity index (χ2v) is 9.83. The van der Waals surface area contributed by atoms with Crippen molar-refractivity contribution in [2.45, 2.75) is 33.3 Å². The average Bonchev–Trinajstić information content (AvgIpc) is 3.17. The summed E-state index contributed by atoms with van der Waals surface area (Å²) in [5.41, 5.74) is 3.61. The fourth-order valence-corrected chi connectivity index (χ4v) is 4.91. The number of aryl methyl sites for hydroxylation is 1. The highest BCUT2D eigenvalue weighted by molar-refractivity contribution is 8.18. The molecule has 0 aliphatic carbocycles. The molecule has 5 nitrogen and oxygen atoms in total. The van der Waals surface area contributed by atoms with E-state index in [9.17, 15) is 4.79 Å².